The average molecular weight is 216 g/mol. The number of carbonyl (C=O) groups excluding carboxylic acids is 1. The van der Waals surface area contributed by atoms with Crippen molar-refractivity contribution in [2.24, 2.45) is 0 Å². The van der Waals surface area contributed by atoms with Crippen molar-refractivity contribution in [3.05, 3.63) is 0 Å². The molecule has 0 aromatic heterocycles. The van der Waals surface area contributed by atoms with E-state index in [0.29, 0.717) is 6.61 Å². The van der Waals surface area contributed by atoms with Crippen molar-refractivity contribution in [1.82, 2.24) is 9.80 Å². The standard InChI is InChI=1S/C11H24N2O2/c1-5-7-13(8-6-2)11(14)15-10-9-12(3)4/h5-10H2,1-4H3. The minimum absolute atomic E-state index is 0.180. The van der Waals surface area contributed by atoms with Crippen LogP contribution in [0.4, 0.5) is 4.79 Å². The summed E-state index contributed by atoms with van der Waals surface area (Å²) in [5.41, 5.74) is 0. The molecule has 1 amide bonds. The number of ether oxygens (including phenoxy) is 1. The van der Waals surface area contributed by atoms with Gasteiger partial charge in [0, 0.05) is 19.6 Å². The minimum Gasteiger partial charge on any atom is -0.448 e. The smallest absolute Gasteiger partial charge is 0.409 e. The number of carbonyl (C=O) groups is 1. The quantitative estimate of drug-likeness (QED) is 0.650. The Balaban J connectivity index is 3.80. The molecule has 0 heterocycles. The molecule has 0 aliphatic heterocycles. The Bertz CT molecular complexity index is 166. The van der Waals surface area contributed by atoms with Gasteiger partial charge in [0.1, 0.15) is 6.61 Å². The Kier molecular flexibility index (Phi) is 8.09. The van der Waals surface area contributed by atoms with Gasteiger partial charge in [0.25, 0.3) is 0 Å². The summed E-state index contributed by atoms with van der Waals surface area (Å²) < 4.78 is 5.17. The van der Waals surface area contributed by atoms with Crippen molar-refractivity contribution >= 4 is 6.09 Å². The average Bonchev–Trinajstić information content (AvgIpc) is 2.16. The SMILES string of the molecule is CCCN(CCC)C(=O)OCCN(C)C. The Morgan fingerprint density at radius 2 is 1.60 bits per heavy atom. The molecule has 0 radical (unpaired) electrons. The van der Waals surface area contributed by atoms with E-state index in [-0.39, 0.29) is 6.09 Å². The molecule has 0 saturated heterocycles. The summed E-state index contributed by atoms with van der Waals surface area (Å²) in [7, 11) is 3.92. The van der Waals surface area contributed by atoms with Gasteiger partial charge in [-0.1, -0.05) is 13.8 Å². The third-order valence-electron chi connectivity index (χ3n) is 2.01. The molecule has 0 aromatic carbocycles. The highest BCUT2D eigenvalue weighted by Gasteiger charge is 2.12. The molecule has 4 heteroatoms. The minimum atomic E-state index is -0.180. The maximum absolute atomic E-state index is 11.6. The molecular formula is C11H24N2O2. The fourth-order valence-electron chi connectivity index (χ4n) is 1.24. The number of amides is 1. The van der Waals surface area contributed by atoms with Crippen molar-refractivity contribution in [1.29, 1.82) is 0 Å². The highest BCUT2D eigenvalue weighted by atomic mass is 16.6. The second kappa shape index (κ2) is 8.53. The number of hydrogen-bond donors (Lipinski definition) is 0. The van der Waals surface area contributed by atoms with Crippen LogP contribution in [-0.4, -0.2) is 56.2 Å². The molecule has 0 atom stereocenters. The molecule has 0 fully saturated rings. The zero-order valence-electron chi connectivity index (χ0n) is 10.5. The topological polar surface area (TPSA) is 32.8 Å². The summed E-state index contributed by atoms with van der Waals surface area (Å²) in [5, 5.41) is 0. The van der Waals surface area contributed by atoms with Crippen LogP contribution in [0.5, 0.6) is 0 Å². The van der Waals surface area contributed by atoms with Gasteiger partial charge >= 0.3 is 6.09 Å². The van der Waals surface area contributed by atoms with Crippen molar-refractivity contribution in [2.45, 2.75) is 26.7 Å². The van der Waals surface area contributed by atoms with Crippen LogP contribution in [0.15, 0.2) is 0 Å². The molecule has 0 spiro atoms. The van der Waals surface area contributed by atoms with Crippen LogP contribution in [-0.2, 0) is 4.74 Å². The van der Waals surface area contributed by atoms with Crippen molar-refractivity contribution in [3.8, 4) is 0 Å². The van der Waals surface area contributed by atoms with E-state index in [2.05, 4.69) is 13.8 Å². The van der Waals surface area contributed by atoms with Gasteiger partial charge in [0.05, 0.1) is 0 Å². The van der Waals surface area contributed by atoms with Crippen molar-refractivity contribution in [3.63, 3.8) is 0 Å². The van der Waals surface area contributed by atoms with Crippen LogP contribution in [0.25, 0.3) is 0 Å². The first-order valence-electron chi connectivity index (χ1n) is 5.68. The van der Waals surface area contributed by atoms with Crippen LogP contribution >= 0.6 is 0 Å². The summed E-state index contributed by atoms with van der Waals surface area (Å²) in [6.07, 6.45) is 1.77. The summed E-state index contributed by atoms with van der Waals surface area (Å²) in [5.74, 6) is 0. The van der Waals surface area contributed by atoms with E-state index in [4.69, 9.17) is 4.74 Å². The van der Waals surface area contributed by atoms with E-state index in [1.54, 1.807) is 4.90 Å². The first-order valence-corrected chi connectivity index (χ1v) is 5.68. The third kappa shape index (κ3) is 7.19. The normalized spacial score (nSPS) is 10.5. The lowest BCUT2D eigenvalue weighted by Gasteiger charge is -2.21. The van der Waals surface area contributed by atoms with E-state index in [1.807, 2.05) is 19.0 Å². The van der Waals surface area contributed by atoms with Crippen molar-refractivity contribution < 1.29 is 9.53 Å². The molecule has 0 unspecified atom stereocenters. The molecule has 0 rings (SSSR count). The van der Waals surface area contributed by atoms with Crippen molar-refractivity contribution in [2.75, 3.05) is 40.3 Å². The number of likely N-dealkylation sites (N-methyl/N-ethyl adjacent to an activating group) is 1. The summed E-state index contributed by atoms with van der Waals surface area (Å²) in [4.78, 5) is 15.4. The predicted octanol–water partition coefficient (Wildman–Crippen LogP) is 1.81. The Morgan fingerprint density at radius 3 is 2.00 bits per heavy atom. The maximum atomic E-state index is 11.6. The zero-order valence-corrected chi connectivity index (χ0v) is 10.5. The summed E-state index contributed by atoms with van der Waals surface area (Å²) in [6.45, 7) is 6.95. The molecule has 15 heavy (non-hydrogen) atoms. The third-order valence-corrected chi connectivity index (χ3v) is 2.01. The molecule has 0 aliphatic rings. The Morgan fingerprint density at radius 1 is 1.07 bits per heavy atom. The van der Waals surface area contributed by atoms with E-state index >= 15 is 0 Å². The molecule has 0 saturated carbocycles. The zero-order chi connectivity index (χ0) is 11.7. The molecule has 0 N–H and O–H groups in total. The largest absolute Gasteiger partial charge is 0.448 e. The molecule has 0 aliphatic carbocycles. The van der Waals surface area contributed by atoms with Crippen LogP contribution in [0.3, 0.4) is 0 Å². The summed E-state index contributed by atoms with van der Waals surface area (Å²) in [6, 6.07) is 0. The van der Waals surface area contributed by atoms with Crippen LogP contribution in [0.1, 0.15) is 26.7 Å². The summed E-state index contributed by atoms with van der Waals surface area (Å²) >= 11 is 0. The number of rotatable bonds is 7. The fraction of sp³-hybridized carbons (Fsp3) is 0.909. The molecular weight excluding hydrogens is 192 g/mol. The van der Waals surface area contributed by atoms with Gasteiger partial charge in [-0.2, -0.15) is 0 Å². The van der Waals surface area contributed by atoms with Gasteiger partial charge < -0.3 is 14.5 Å². The highest BCUT2D eigenvalue weighted by molar-refractivity contribution is 5.67. The highest BCUT2D eigenvalue weighted by Crippen LogP contribution is 1.98. The van der Waals surface area contributed by atoms with Crippen LogP contribution in [0.2, 0.25) is 0 Å². The van der Waals surface area contributed by atoms with Gasteiger partial charge in [-0.25, -0.2) is 4.79 Å². The lowest BCUT2D eigenvalue weighted by molar-refractivity contribution is 0.0959. The molecule has 0 bridgehead atoms. The molecule has 0 aromatic rings. The molecule has 4 nitrogen and oxygen atoms in total. The lowest BCUT2D eigenvalue weighted by atomic mass is 10.4. The van der Waals surface area contributed by atoms with E-state index in [1.165, 1.54) is 0 Å². The van der Waals surface area contributed by atoms with Gasteiger partial charge in [0.2, 0.25) is 0 Å². The van der Waals surface area contributed by atoms with E-state index in [0.717, 1.165) is 32.5 Å². The van der Waals surface area contributed by atoms with Gasteiger partial charge in [-0.3, -0.25) is 0 Å². The second-order valence-electron chi connectivity index (χ2n) is 3.90. The van der Waals surface area contributed by atoms with E-state index < -0.39 is 0 Å². The van der Waals surface area contributed by atoms with Gasteiger partial charge in [0.15, 0.2) is 0 Å². The van der Waals surface area contributed by atoms with E-state index in [9.17, 15) is 4.79 Å². The second-order valence-corrected chi connectivity index (χ2v) is 3.90. The predicted molar refractivity (Wildman–Crippen MR) is 62.1 cm³/mol. The lowest BCUT2D eigenvalue weighted by Crippen LogP contribution is -2.34. The Labute approximate surface area is 93.2 Å². The first-order chi connectivity index (χ1) is 7.11. The first kappa shape index (κ1) is 14.2. The van der Waals surface area contributed by atoms with Gasteiger partial charge in [-0.15, -0.1) is 0 Å². The van der Waals surface area contributed by atoms with Crippen LogP contribution < -0.4 is 0 Å². The number of nitrogens with zero attached hydrogens (tertiary/aromatic N) is 2. The fourth-order valence-corrected chi connectivity index (χ4v) is 1.24. The maximum Gasteiger partial charge on any atom is 0.409 e. The molecule has 90 valence electrons. The van der Waals surface area contributed by atoms with Gasteiger partial charge in [-0.05, 0) is 26.9 Å². The monoisotopic (exact) mass is 216 g/mol. The van der Waals surface area contributed by atoms with Crippen LogP contribution in [0, 0.1) is 0 Å². The Hall–Kier alpha value is -0.770. The number of hydrogen-bond acceptors (Lipinski definition) is 3.